The number of H-pyrrole nitrogens is 1. The fraction of sp³-hybridized carbons (Fsp3) is 0.240. The van der Waals surface area contributed by atoms with Gasteiger partial charge in [0, 0.05) is 49.3 Å². The van der Waals surface area contributed by atoms with Gasteiger partial charge in [0.1, 0.15) is 0 Å². The van der Waals surface area contributed by atoms with Gasteiger partial charge in [-0.1, -0.05) is 30.8 Å². The number of amides is 1. The molecule has 4 rings (SSSR count). The van der Waals surface area contributed by atoms with E-state index in [9.17, 15) is 4.79 Å². The number of likely N-dealkylation sites (N-methyl/N-ethyl adjacent to an activating group) is 1. The van der Waals surface area contributed by atoms with Crippen LogP contribution in [-0.4, -0.2) is 49.0 Å². The second-order valence-electron chi connectivity index (χ2n) is 7.83. The van der Waals surface area contributed by atoms with Crippen LogP contribution in [0.5, 0.6) is 0 Å². The van der Waals surface area contributed by atoms with Gasteiger partial charge in [0.25, 0.3) is 0 Å². The first-order valence-electron chi connectivity index (χ1n) is 10.3. The van der Waals surface area contributed by atoms with Crippen molar-refractivity contribution in [2.75, 3.05) is 43.4 Å². The average molecular weight is 401 g/mol. The minimum absolute atomic E-state index is 0.205. The van der Waals surface area contributed by atoms with Gasteiger partial charge in [0.05, 0.1) is 5.69 Å². The van der Waals surface area contributed by atoms with Gasteiger partial charge in [-0.05, 0) is 61.0 Å². The Kier molecular flexibility index (Phi) is 5.72. The molecule has 2 heterocycles. The van der Waals surface area contributed by atoms with Gasteiger partial charge in [-0.15, -0.1) is 0 Å². The third kappa shape index (κ3) is 4.16. The minimum Gasteiger partial charge on any atom is -0.369 e. The highest BCUT2D eigenvalue weighted by molar-refractivity contribution is 6.00. The number of carbonyl (C=O) groups is 1. The van der Waals surface area contributed by atoms with Gasteiger partial charge in [0.2, 0.25) is 5.91 Å². The molecule has 0 radical (unpaired) electrons. The molecule has 0 spiro atoms. The molecule has 1 aliphatic rings. The third-order valence-electron chi connectivity index (χ3n) is 5.76. The van der Waals surface area contributed by atoms with E-state index in [2.05, 4.69) is 70.1 Å². The molecule has 1 aromatic heterocycles. The first-order valence-corrected chi connectivity index (χ1v) is 10.3. The number of aromatic nitrogens is 1. The van der Waals surface area contributed by atoms with Crippen LogP contribution in [0, 0.1) is 6.92 Å². The van der Waals surface area contributed by atoms with Gasteiger partial charge in [-0.2, -0.15) is 0 Å². The molecule has 5 nitrogen and oxygen atoms in total. The van der Waals surface area contributed by atoms with E-state index in [1.54, 1.807) is 0 Å². The number of aromatic amines is 1. The molecule has 1 fully saturated rings. The van der Waals surface area contributed by atoms with Crippen molar-refractivity contribution < 1.29 is 4.79 Å². The van der Waals surface area contributed by atoms with Crippen LogP contribution < -0.4 is 10.2 Å². The number of benzene rings is 2. The number of anilines is 2. The Hall–Kier alpha value is -3.31. The van der Waals surface area contributed by atoms with Crippen LogP contribution in [0.3, 0.4) is 0 Å². The van der Waals surface area contributed by atoms with E-state index in [1.165, 1.54) is 11.8 Å². The van der Waals surface area contributed by atoms with Crippen molar-refractivity contribution in [3.05, 3.63) is 72.9 Å². The number of rotatable bonds is 5. The lowest BCUT2D eigenvalue weighted by Crippen LogP contribution is -2.44. The van der Waals surface area contributed by atoms with E-state index in [0.29, 0.717) is 0 Å². The van der Waals surface area contributed by atoms with E-state index < -0.39 is 0 Å². The van der Waals surface area contributed by atoms with Crippen LogP contribution in [0.15, 0.2) is 67.4 Å². The van der Waals surface area contributed by atoms with Crippen LogP contribution in [0.1, 0.15) is 5.56 Å². The Morgan fingerprint density at radius 2 is 1.73 bits per heavy atom. The SMILES string of the molecule is C=CC(=O)Nc1cc(-c2cc[nH]c2-c2ccc(N3CCN(C)CC3)cc2)ccc1C. The normalized spacial score (nSPS) is 14.5. The number of hydrogen-bond acceptors (Lipinski definition) is 3. The lowest BCUT2D eigenvalue weighted by atomic mass is 9.99. The minimum atomic E-state index is -0.205. The molecule has 2 aromatic carbocycles. The van der Waals surface area contributed by atoms with Gasteiger partial charge >= 0.3 is 0 Å². The predicted octanol–water partition coefficient (Wildman–Crippen LogP) is 4.53. The van der Waals surface area contributed by atoms with E-state index in [1.807, 2.05) is 25.3 Å². The lowest BCUT2D eigenvalue weighted by Gasteiger charge is -2.34. The van der Waals surface area contributed by atoms with Crippen molar-refractivity contribution >= 4 is 17.3 Å². The molecule has 1 saturated heterocycles. The summed E-state index contributed by atoms with van der Waals surface area (Å²) in [5, 5.41) is 2.89. The van der Waals surface area contributed by atoms with E-state index in [4.69, 9.17) is 0 Å². The first kappa shape index (κ1) is 20.0. The Balaban J connectivity index is 1.60. The van der Waals surface area contributed by atoms with Crippen molar-refractivity contribution in [3.63, 3.8) is 0 Å². The largest absolute Gasteiger partial charge is 0.369 e. The van der Waals surface area contributed by atoms with E-state index in [-0.39, 0.29) is 5.91 Å². The summed E-state index contributed by atoms with van der Waals surface area (Å²) in [6.45, 7) is 9.84. The number of aryl methyl sites for hydroxylation is 1. The van der Waals surface area contributed by atoms with Crippen molar-refractivity contribution in [3.8, 4) is 22.4 Å². The van der Waals surface area contributed by atoms with Crippen LogP contribution in [0.4, 0.5) is 11.4 Å². The van der Waals surface area contributed by atoms with Crippen molar-refractivity contribution in [1.82, 2.24) is 9.88 Å². The molecule has 154 valence electrons. The standard InChI is InChI=1S/C25H28N4O/c1-4-24(30)27-23-17-20(6-5-18(23)2)22-11-12-26-25(22)19-7-9-21(10-8-19)29-15-13-28(3)14-16-29/h4-12,17,26H,1,13-16H2,2-3H3,(H,27,30). The number of nitrogens with zero attached hydrogens (tertiary/aromatic N) is 2. The van der Waals surface area contributed by atoms with Crippen LogP contribution in [0.2, 0.25) is 0 Å². The number of nitrogens with one attached hydrogen (secondary N) is 2. The summed E-state index contributed by atoms with van der Waals surface area (Å²) in [6.07, 6.45) is 3.25. The summed E-state index contributed by atoms with van der Waals surface area (Å²) in [4.78, 5) is 19.9. The predicted molar refractivity (Wildman–Crippen MR) is 125 cm³/mol. The summed E-state index contributed by atoms with van der Waals surface area (Å²) < 4.78 is 0. The molecule has 5 heteroatoms. The van der Waals surface area contributed by atoms with Crippen molar-refractivity contribution in [2.24, 2.45) is 0 Å². The molecule has 0 atom stereocenters. The van der Waals surface area contributed by atoms with E-state index >= 15 is 0 Å². The maximum absolute atomic E-state index is 11.8. The molecule has 0 saturated carbocycles. The third-order valence-corrected chi connectivity index (χ3v) is 5.76. The Morgan fingerprint density at radius 3 is 2.43 bits per heavy atom. The maximum atomic E-state index is 11.8. The second-order valence-corrected chi connectivity index (χ2v) is 7.83. The van der Waals surface area contributed by atoms with Crippen LogP contribution >= 0.6 is 0 Å². The van der Waals surface area contributed by atoms with E-state index in [0.717, 1.165) is 59.8 Å². The molecule has 1 aliphatic heterocycles. The second kappa shape index (κ2) is 8.59. The van der Waals surface area contributed by atoms with Crippen LogP contribution in [-0.2, 0) is 4.79 Å². The van der Waals surface area contributed by atoms with Crippen molar-refractivity contribution in [1.29, 1.82) is 0 Å². The molecule has 0 aliphatic carbocycles. The first-order chi connectivity index (χ1) is 14.5. The molecular formula is C25H28N4O. The maximum Gasteiger partial charge on any atom is 0.247 e. The zero-order valence-corrected chi connectivity index (χ0v) is 17.6. The van der Waals surface area contributed by atoms with Gasteiger partial charge in [-0.3, -0.25) is 4.79 Å². The summed E-state index contributed by atoms with van der Waals surface area (Å²) in [5.74, 6) is -0.205. The summed E-state index contributed by atoms with van der Waals surface area (Å²) in [6, 6.07) is 17.0. The Labute approximate surface area is 178 Å². The van der Waals surface area contributed by atoms with Gasteiger partial charge < -0.3 is 20.1 Å². The van der Waals surface area contributed by atoms with Crippen LogP contribution in [0.25, 0.3) is 22.4 Å². The highest BCUT2D eigenvalue weighted by atomic mass is 16.1. The topological polar surface area (TPSA) is 51.4 Å². The number of carbonyl (C=O) groups excluding carboxylic acids is 1. The molecule has 1 amide bonds. The van der Waals surface area contributed by atoms with Gasteiger partial charge in [-0.25, -0.2) is 0 Å². The van der Waals surface area contributed by atoms with Gasteiger partial charge in [0.15, 0.2) is 0 Å². The molecule has 0 unspecified atom stereocenters. The summed E-state index contributed by atoms with van der Waals surface area (Å²) in [7, 11) is 2.17. The zero-order chi connectivity index (χ0) is 21.1. The lowest BCUT2D eigenvalue weighted by molar-refractivity contribution is -0.111. The zero-order valence-electron chi connectivity index (χ0n) is 17.6. The highest BCUT2D eigenvalue weighted by Crippen LogP contribution is 2.34. The fourth-order valence-electron chi connectivity index (χ4n) is 3.86. The Morgan fingerprint density at radius 1 is 1.03 bits per heavy atom. The average Bonchev–Trinajstić information content (AvgIpc) is 3.26. The Bertz CT molecular complexity index is 1040. The molecule has 2 N–H and O–H groups in total. The summed E-state index contributed by atoms with van der Waals surface area (Å²) in [5.41, 5.74) is 7.47. The number of piperazine rings is 1. The summed E-state index contributed by atoms with van der Waals surface area (Å²) >= 11 is 0. The molecule has 0 bridgehead atoms. The quantitative estimate of drug-likeness (QED) is 0.619. The fourth-order valence-corrected chi connectivity index (χ4v) is 3.86. The molecule has 30 heavy (non-hydrogen) atoms. The van der Waals surface area contributed by atoms with Crippen molar-refractivity contribution in [2.45, 2.75) is 6.92 Å². The molecule has 3 aromatic rings. The monoisotopic (exact) mass is 400 g/mol. The number of hydrogen-bond donors (Lipinski definition) is 2. The molecular weight excluding hydrogens is 372 g/mol. The highest BCUT2D eigenvalue weighted by Gasteiger charge is 2.15. The smallest absolute Gasteiger partial charge is 0.247 e.